The van der Waals surface area contributed by atoms with Crippen LogP contribution in [-0.2, 0) is 10.0 Å². The third kappa shape index (κ3) is 2.75. The number of nitrogens with zero attached hydrogens (tertiary/aromatic N) is 3. The first kappa shape index (κ1) is 17.0. The van der Waals surface area contributed by atoms with Crippen LogP contribution < -0.4 is 10.2 Å². The van der Waals surface area contributed by atoms with Gasteiger partial charge < -0.3 is 10.2 Å². The molecular formula is C18H19FN4O2S. The second kappa shape index (κ2) is 6.37. The summed E-state index contributed by atoms with van der Waals surface area (Å²) >= 11 is 0. The molecule has 3 aromatic rings. The van der Waals surface area contributed by atoms with Crippen LogP contribution in [0.1, 0.15) is 5.82 Å². The Morgan fingerprint density at radius 3 is 2.46 bits per heavy atom. The van der Waals surface area contributed by atoms with Crippen molar-refractivity contribution >= 4 is 26.7 Å². The Kier molecular flexibility index (Phi) is 4.16. The van der Waals surface area contributed by atoms with Gasteiger partial charge in [0.15, 0.2) is 0 Å². The first-order valence-corrected chi connectivity index (χ1v) is 9.87. The number of rotatable bonds is 3. The molecule has 2 aromatic carbocycles. The normalized spacial score (nSPS) is 15.5. The van der Waals surface area contributed by atoms with Crippen LogP contribution in [0, 0.1) is 12.7 Å². The maximum absolute atomic E-state index is 13.2. The predicted molar refractivity (Wildman–Crippen MR) is 98.5 cm³/mol. The lowest BCUT2D eigenvalue weighted by Crippen LogP contribution is -2.43. The van der Waals surface area contributed by atoms with Crippen molar-refractivity contribution in [3.05, 3.63) is 54.1 Å². The molecule has 4 rings (SSSR count). The van der Waals surface area contributed by atoms with E-state index in [1.807, 2.05) is 12.1 Å². The highest BCUT2D eigenvalue weighted by Crippen LogP contribution is 2.30. The van der Waals surface area contributed by atoms with E-state index < -0.39 is 15.8 Å². The number of halogens is 1. The molecule has 1 fully saturated rings. The molecule has 0 spiro atoms. The highest BCUT2D eigenvalue weighted by Gasteiger charge is 2.25. The minimum atomic E-state index is -3.86. The highest BCUT2D eigenvalue weighted by atomic mass is 32.2. The largest absolute Gasteiger partial charge is 0.367 e. The zero-order valence-corrected chi connectivity index (χ0v) is 15.1. The van der Waals surface area contributed by atoms with E-state index in [2.05, 4.69) is 15.2 Å². The Hall–Kier alpha value is -2.45. The van der Waals surface area contributed by atoms with Gasteiger partial charge in [-0.1, -0.05) is 6.07 Å². The lowest BCUT2D eigenvalue weighted by Gasteiger charge is -2.29. The number of aromatic nitrogens is 2. The molecule has 0 unspecified atom stereocenters. The maximum Gasteiger partial charge on any atom is 0.269 e. The van der Waals surface area contributed by atoms with E-state index in [4.69, 9.17) is 0 Å². The zero-order chi connectivity index (χ0) is 18.3. The first-order valence-electron chi connectivity index (χ1n) is 8.43. The van der Waals surface area contributed by atoms with Crippen molar-refractivity contribution in [2.75, 3.05) is 31.1 Å². The Morgan fingerprint density at radius 1 is 1.08 bits per heavy atom. The molecule has 26 heavy (non-hydrogen) atoms. The van der Waals surface area contributed by atoms with Gasteiger partial charge in [0.1, 0.15) is 17.2 Å². The number of nitrogens with one attached hydrogen (secondary N) is 1. The molecule has 1 saturated heterocycles. The molecule has 0 saturated carbocycles. The molecule has 0 aliphatic carbocycles. The van der Waals surface area contributed by atoms with E-state index in [-0.39, 0.29) is 4.90 Å². The molecular weight excluding hydrogens is 355 g/mol. The second-order valence-electron chi connectivity index (χ2n) is 6.26. The van der Waals surface area contributed by atoms with Gasteiger partial charge in [0.05, 0.1) is 16.1 Å². The van der Waals surface area contributed by atoms with Crippen molar-refractivity contribution in [2.45, 2.75) is 11.8 Å². The summed E-state index contributed by atoms with van der Waals surface area (Å²) in [6.07, 6.45) is 0. The molecule has 6 nitrogen and oxygen atoms in total. The molecule has 0 amide bonds. The van der Waals surface area contributed by atoms with Crippen molar-refractivity contribution in [1.29, 1.82) is 0 Å². The molecule has 1 aliphatic heterocycles. The lowest BCUT2D eigenvalue weighted by atomic mass is 10.2. The van der Waals surface area contributed by atoms with Crippen LogP contribution >= 0.6 is 0 Å². The fraction of sp³-hybridized carbons (Fsp3) is 0.278. The van der Waals surface area contributed by atoms with Crippen LogP contribution in [-0.4, -0.2) is 43.6 Å². The van der Waals surface area contributed by atoms with Gasteiger partial charge >= 0.3 is 0 Å². The quantitative estimate of drug-likeness (QED) is 0.761. The predicted octanol–water partition coefficient (Wildman–Crippen LogP) is 2.13. The third-order valence-electron chi connectivity index (χ3n) is 4.59. The Morgan fingerprint density at radius 2 is 1.77 bits per heavy atom. The molecule has 0 atom stereocenters. The zero-order valence-electron chi connectivity index (χ0n) is 14.3. The number of imidazole rings is 1. The van der Waals surface area contributed by atoms with E-state index in [1.54, 1.807) is 13.0 Å². The lowest BCUT2D eigenvalue weighted by molar-refractivity contribution is 0.586. The average Bonchev–Trinajstić information content (AvgIpc) is 2.99. The van der Waals surface area contributed by atoms with E-state index in [1.165, 1.54) is 16.1 Å². The summed E-state index contributed by atoms with van der Waals surface area (Å²) in [5.41, 5.74) is 2.13. The van der Waals surface area contributed by atoms with Crippen molar-refractivity contribution in [2.24, 2.45) is 0 Å². The Bertz CT molecular complexity index is 1050. The SMILES string of the molecule is Cc1nc2c(N3CCNCC3)cccc2n1S(=O)(=O)c1ccc(F)cc1. The number of para-hydroxylation sites is 1. The summed E-state index contributed by atoms with van der Waals surface area (Å²) in [6, 6.07) is 10.4. The van der Waals surface area contributed by atoms with Gasteiger partial charge in [-0.15, -0.1) is 0 Å². The summed E-state index contributed by atoms with van der Waals surface area (Å²) < 4.78 is 40.6. The van der Waals surface area contributed by atoms with Crippen LogP contribution in [0.25, 0.3) is 11.0 Å². The Labute approximate surface area is 151 Å². The van der Waals surface area contributed by atoms with Crippen LogP contribution in [0.3, 0.4) is 0 Å². The molecule has 8 heteroatoms. The van der Waals surface area contributed by atoms with E-state index in [9.17, 15) is 12.8 Å². The average molecular weight is 374 g/mol. The minimum Gasteiger partial charge on any atom is -0.367 e. The van der Waals surface area contributed by atoms with Gasteiger partial charge in [-0.2, -0.15) is 0 Å². The third-order valence-corrected chi connectivity index (χ3v) is 6.40. The molecule has 1 N–H and O–H groups in total. The van der Waals surface area contributed by atoms with Crippen molar-refractivity contribution < 1.29 is 12.8 Å². The molecule has 0 radical (unpaired) electrons. The van der Waals surface area contributed by atoms with Crippen LogP contribution in [0.5, 0.6) is 0 Å². The number of benzene rings is 2. The fourth-order valence-corrected chi connectivity index (χ4v) is 4.84. The van der Waals surface area contributed by atoms with E-state index >= 15 is 0 Å². The van der Waals surface area contributed by atoms with Crippen LogP contribution in [0.2, 0.25) is 0 Å². The summed E-state index contributed by atoms with van der Waals surface area (Å²) in [5, 5.41) is 3.31. The van der Waals surface area contributed by atoms with Crippen LogP contribution in [0.4, 0.5) is 10.1 Å². The highest BCUT2D eigenvalue weighted by molar-refractivity contribution is 7.90. The molecule has 0 bridgehead atoms. The number of hydrogen-bond acceptors (Lipinski definition) is 5. The molecule has 1 aliphatic rings. The second-order valence-corrected chi connectivity index (χ2v) is 8.05. The van der Waals surface area contributed by atoms with Gasteiger partial charge in [0.25, 0.3) is 10.0 Å². The van der Waals surface area contributed by atoms with Gasteiger partial charge in [0.2, 0.25) is 0 Å². The monoisotopic (exact) mass is 374 g/mol. The summed E-state index contributed by atoms with van der Waals surface area (Å²) in [5.74, 6) is -0.0935. The topological polar surface area (TPSA) is 67.2 Å². The van der Waals surface area contributed by atoms with Crippen LogP contribution in [0.15, 0.2) is 47.4 Å². The Balaban J connectivity index is 1.88. The van der Waals surface area contributed by atoms with E-state index in [0.717, 1.165) is 44.0 Å². The first-order chi connectivity index (χ1) is 12.5. The number of anilines is 1. The molecule has 1 aromatic heterocycles. The maximum atomic E-state index is 13.2. The molecule has 2 heterocycles. The summed E-state index contributed by atoms with van der Waals surface area (Å²) in [4.78, 5) is 6.79. The van der Waals surface area contributed by atoms with Crippen molar-refractivity contribution in [1.82, 2.24) is 14.3 Å². The van der Waals surface area contributed by atoms with E-state index in [0.29, 0.717) is 16.9 Å². The van der Waals surface area contributed by atoms with Gasteiger partial charge in [0, 0.05) is 26.2 Å². The van der Waals surface area contributed by atoms with Gasteiger partial charge in [-0.05, 0) is 43.3 Å². The number of hydrogen-bond donors (Lipinski definition) is 1. The number of aryl methyl sites for hydroxylation is 1. The summed E-state index contributed by atoms with van der Waals surface area (Å²) in [6.45, 7) is 5.11. The van der Waals surface area contributed by atoms with Gasteiger partial charge in [-0.3, -0.25) is 0 Å². The number of piperazine rings is 1. The summed E-state index contributed by atoms with van der Waals surface area (Å²) in [7, 11) is -3.86. The van der Waals surface area contributed by atoms with Crippen molar-refractivity contribution in [3.8, 4) is 0 Å². The minimum absolute atomic E-state index is 0.0360. The van der Waals surface area contributed by atoms with Gasteiger partial charge in [-0.25, -0.2) is 21.8 Å². The number of fused-ring (bicyclic) bond motifs is 1. The van der Waals surface area contributed by atoms with Crippen molar-refractivity contribution in [3.63, 3.8) is 0 Å². The molecule has 136 valence electrons. The standard InChI is InChI=1S/C18H19FN4O2S/c1-13-21-18-16(22-11-9-20-10-12-22)3-2-4-17(18)23(13)26(24,25)15-7-5-14(19)6-8-15/h2-8,20H,9-12H2,1H3. The fourth-order valence-electron chi connectivity index (χ4n) is 3.36. The smallest absolute Gasteiger partial charge is 0.269 e.